The van der Waals surface area contributed by atoms with E-state index in [1.54, 1.807) is 30.4 Å². The average Bonchev–Trinajstić information content (AvgIpc) is 2.84. The lowest BCUT2D eigenvalue weighted by atomic mass is 10.0. The number of rotatable bonds is 10. The van der Waals surface area contributed by atoms with Crippen molar-refractivity contribution in [3.8, 4) is 17.6 Å². The molecule has 0 saturated heterocycles. The number of carbonyl (C=O) groups excluding carboxylic acids is 1. The molecule has 0 atom stereocenters. The lowest BCUT2D eigenvalue weighted by Crippen LogP contribution is -2.13. The van der Waals surface area contributed by atoms with Gasteiger partial charge in [0.05, 0.1) is 6.61 Å². The Morgan fingerprint density at radius 1 is 1.14 bits per heavy atom. The van der Waals surface area contributed by atoms with Gasteiger partial charge in [0, 0.05) is 16.3 Å². The van der Waals surface area contributed by atoms with Crippen LogP contribution in [0.4, 0.5) is 5.69 Å². The molecule has 178 valence electrons. The van der Waals surface area contributed by atoms with Gasteiger partial charge in [-0.2, -0.15) is 5.26 Å². The van der Waals surface area contributed by atoms with Crippen molar-refractivity contribution in [1.82, 2.24) is 0 Å². The summed E-state index contributed by atoms with van der Waals surface area (Å²) in [5.41, 5.74) is 4.08. The SMILES string of the molecule is C=CCc1cc(/C=C(\C#N)C(=O)Nc2ccc(C)cc2)cc(OCC)c1OCc1cccc(Cl)c1. The van der Waals surface area contributed by atoms with E-state index < -0.39 is 5.91 Å². The lowest BCUT2D eigenvalue weighted by molar-refractivity contribution is -0.112. The van der Waals surface area contributed by atoms with Crippen LogP contribution in [0.5, 0.6) is 11.5 Å². The molecule has 3 aromatic carbocycles. The number of halogens is 1. The van der Waals surface area contributed by atoms with Crippen molar-refractivity contribution < 1.29 is 14.3 Å². The van der Waals surface area contributed by atoms with Gasteiger partial charge < -0.3 is 14.8 Å². The number of ether oxygens (including phenoxy) is 2. The maximum absolute atomic E-state index is 12.7. The van der Waals surface area contributed by atoms with E-state index in [0.717, 1.165) is 16.7 Å². The summed E-state index contributed by atoms with van der Waals surface area (Å²) in [4.78, 5) is 12.7. The third-order valence-corrected chi connectivity index (χ3v) is 5.31. The molecule has 0 aliphatic rings. The van der Waals surface area contributed by atoms with Crippen molar-refractivity contribution in [3.63, 3.8) is 0 Å². The molecule has 0 aliphatic heterocycles. The molecular formula is C29H27ClN2O3. The summed E-state index contributed by atoms with van der Waals surface area (Å²) in [6.45, 7) is 8.42. The second-order valence-corrected chi connectivity index (χ2v) is 8.28. The number of benzene rings is 3. The Balaban J connectivity index is 1.92. The van der Waals surface area contributed by atoms with Crippen molar-refractivity contribution in [2.75, 3.05) is 11.9 Å². The molecule has 5 nitrogen and oxygen atoms in total. The smallest absolute Gasteiger partial charge is 0.266 e. The van der Waals surface area contributed by atoms with Crippen LogP contribution in [-0.4, -0.2) is 12.5 Å². The first-order valence-corrected chi connectivity index (χ1v) is 11.6. The minimum Gasteiger partial charge on any atom is -0.490 e. The fraction of sp³-hybridized carbons (Fsp3) is 0.172. The zero-order valence-corrected chi connectivity index (χ0v) is 20.6. The molecule has 3 aromatic rings. The Morgan fingerprint density at radius 2 is 1.91 bits per heavy atom. The highest BCUT2D eigenvalue weighted by Crippen LogP contribution is 2.35. The summed E-state index contributed by atoms with van der Waals surface area (Å²) in [7, 11) is 0. The first-order chi connectivity index (χ1) is 16.9. The lowest BCUT2D eigenvalue weighted by Gasteiger charge is -2.17. The van der Waals surface area contributed by atoms with Crippen LogP contribution >= 0.6 is 11.6 Å². The van der Waals surface area contributed by atoms with E-state index >= 15 is 0 Å². The Bertz CT molecular complexity index is 1270. The van der Waals surface area contributed by atoms with Crippen LogP contribution in [-0.2, 0) is 17.8 Å². The molecular weight excluding hydrogens is 460 g/mol. The van der Waals surface area contributed by atoms with E-state index in [0.29, 0.717) is 47.4 Å². The van der Waals surface area contributed by atoms with Gasteiger partial charge in [0.1, 0.15) is 18.2 Å². The van der Waals surface area contributed by atoms with Crippen molar-refractivity contribution in [3.05, 3.63) is 106 Å². The number of hydrogen-bond donors (Lipinski definition) is 1. The summed E-state index contributed by atoms with van der Waals surface area (Å²) >= 11 is 6.10. The van der Waals surface area contributed by atoms with E-state index in [4.69, 9.17) is 21.1 Å². The second kappa shape index (κ2) is 12.5. The van der Waals surface area contributed by atoms with E-state index in [9.17, 15) is 10.1 Å². The predicted molar refractivity (Wildman–Crippen MR) is 141 cm³/mol. The maximum Gasteiger partial charge on any atom is 0.266 e. The Labute approximate surface area is 211 Å². The molecule has 1 amide bonds. The van der Waals surface area contributed by atoms with Gasteiger partial charge in [-0.1, -0.05) is 47.5 Å². The highest BCUT2D eigenvalue weighted by atomic mass is 35.5. The molecule has 0 aromatic heterocycles. The van der Waals surface area contributed by atoms with Crippen LogP contribution < -0.4 is 14.8 Å². The number of allylic oxidation sites excluding steroid dienone is 1. The largest absolute Gasteiger partial charge is 0.490 e. The molecule has 6 heteroatoms. The first kappa shape index (κ1) is 25.6. The van der Waals surface area contributed by atoms with Gasteiger partial charge in [0.2, 0.25) is 0 Å². The molecule has 0 fully saturated rings. The van der Waals surface area contributed by atoms with Crippen LogP contribution in [0.2, 0.25) is 5.02 Å². The van der Waals surface area contributed by atoms with E-state index in [1.165, 1.54) is 0 Å². The number of anilines is 1. The number of nitrogens with one attached hydrogen (secondary N) is 1. The van der Waals surface area contributed by atoms with E-state index in [-0.39, 0.29) is 5.57 Å². The normalized spacial score (nSPS) is 10.9. The monoisotopic (exact) mass is 486 g/mol. The van der Waals surface area contributed by atoms with Gasteiger partial charge >= 0.3 is 0 Å². The molecule has 0 unspecified atom stereocenters. The maximum atomic E-state index is 12.7. The zero-order chi connectivity index (χ0) is 25.2. The van der Waals surface area contributed by atoms with E-state index in [2.05, 4.69) is 11.9 Å². The highest BCUT2D eigenvalue weighted by molar-refractivity contribution is 6.30. The third kappa shape index (κ3) is 7.23. The number of hydrogen-bond acceptors (Lipinski definition) is 4. The number of amides is 1. The molecule has 0 radical (unpaired) electrons. The fourth-order valence-electron chi connectivity index (χ4n) is 3.43. The van der Waals surface area contributed by atoms with Gasteiger partial charge in [0.15, 0.2) is 11.5 Å². The minimum atomic E-state index is -0.485. The predicted octanol–water partition coefficient (Wildman–Crippen LogP) is 6.90. The molecule has 0 heterocycles. The highest BCUT2D eigenvalue weighted by Gasteiger charge is 2.15. The van der Waals surface area contributed by atoms with Gasteiger partial charge in [0.25, 0.3) is 5.91 Å². The summed E-state index contributed by atoms with van der Waals surface area (Å²) in [6, 6.07) is 20.5. The number of carbonyl (C=O) groups is 1. The zero-order valence-electron chi connectivity index (χ0n) is 19.8. The summed E-state index contributed by atoms with van der Waals surface area (Å²) in [6.07, 6.45) is 3.82. The van der Waals surface area contributed by atoms with Crippen LogP contribution in [0.1, 0.15) is 29.2 Å². The number of aryl methyl sites for hydroxylation is 1. The van der Waals surface area contributed by atoms with Crippen molar-refractivity contribution in [2.45, 2.75) is 26.9 Å². The van der Waals surface area contributed by atoms with Crippen molar-refractivity contribution in [2.24, 2.45) is 0 Å². The average molecular weight is 487 g/mol. The Kier molecular flexibility index (Phi) is 9.11. The Morgan fingerprint density at radius 3 is 2.57 bits per heavy atom. The van der Waals surface area contributed by atoms with Crippen LogP contribution in [0.15, 0.2) is 78.9 Å². The second-order valence-electron chi connectivity index (χ2n) is 7.84. The van der Waals surface area contributed by atoms with Gasteiger partial charge in [-0.25, -0.2) is 0 Å². The number of nitrogens with zero attached hydrogens (tertiary/aromatic N) is 1. The van der Waals surface area contributed by atoms with Crippen LogP contribution in [0.3, 0.4) is 0 Å². The topological polar surface area (TPSA) is 71.4 Å². The molecule has 35 heavy (non-hydrogen) atoms. The third-order valence-electron chi connectivity index (χ3n) is 5.08. The van der Waals surface area contributed by atoms with Gasteiger partial charge in [-0.15, -0.1) is 6.58 Å². The van der Waals surface area contributed by atoms with E-state index in [1.807, 2.05) is 62.4 Å². The Hall–Kier alpha value is -4.01. The van der Waals surface area contributed by atoms with Gasteiger partial charge in [-0.3, -0.25) is 4.79 Å². The number of nitriles is 1. The molecule has 0 bridgehead atoms. The summed E-state index contributed by atoms with van der Waals surface area (Å²) < 4.78 is 12.0. The van der Waals surface area contributed by atoms with Crippen molar-refractivity contribution >= 4 is 29.3 Å². The molecule has 0 saturated carbocycles. The minimum absolute atomic E-state index is 0.0230. The van der Waals surface area contributed by atoms with Gasteiger partial charge in [-0.05, 0) is 73.9 Å². The molecule has 1 N–H and O–H groups in total. The fourth-order valence-corrected chi connectivity index (χ4v) is 3.65. The van der Waals surface area contributed by atoms with Crippen LogP contribution in [0, 0.1) is 18.3 Å². The molecule has 3 rings (SSSR count). The van der Waals surface area contributed by atoms with Crippen LogP contribution in [0.25, 0.3) is 6.08 Å². The summed E-state index contributed by atoms with van der Waals surface area (Å²) in [5, 5.41) is 13.0. The first-order valence-electron chi connectivity index (χ1n) is 11.2. The molecule has 0 aliphatic carbocycles. The quantitative estimate of drug-likeness (QED) is 0.192. The standard InChI is InChI=1S/C29H27ClN2O3/c1-4-7-23-14-22(15-24(18-31)29(33)32-26-12-10-20(3)11-13-26)17-27(34-5-2)28(23)35-19-21-8-6-9-25(30)16-21/h4,6,8-17H,1,5,7,19H2,2-3H3,(H,32,33)/b24-15+. The molecule has 0 spiro atoms. The van der Waals surface area contributed by atoms with Crippen molar-refractivity contribution in [1.29, 1.82) is 5.26 Å². The summed E-state index contributed by atoms with van der Waals surface area (Å²) in [5.74, 6) is 0.628.